The number of amides is 1. The standard InChI is InChI=1S/C17H18N2O4/c20-17(12-5-8-21-11-12)19-7-9-22-16-14(19)3-4-15(16)23-13-2-1-6-18-10-13/h1-2,5-6,8,10-11,14-16H,3-4,7,9H2/t14-,15-,16+/m0/s1. The van der Waals surface area contributed by atoms with Gasteiger partial charge in [0.05, 0.1) is 30.7 Å². The third-order valence-electron chi connectivity index (χ3n) is 4.49. The van der Waals surface area contributed by atoms with Crippen LogP contribution in [-0.2, 0) is 4.74 Å². The van der Waals surface area contributed by atoms with E-state index in [0.717, 1.165) is 18.6 Å². The molecule has 120 valence electrons. The molecule has 0 aromatic carbocycles. The highest BCUT2D eigenvalue weighted by atomic mass is 16.5. The van der Waals surface area contributed by atoms with Gasteiger partial charge in [0.2, 0.25) is 0 Å². The number of aromatic nitrogens is 1. The quantitative estimate of drug-likeness (QED) is 0.868. The minimum absolute atomic E-state index is 0.000854. The van der Waals surface area contributed by atoms with Crippen LogP contribution in [0, 0.1) is 0 Å². The van der Waals surface area contributed by atoms with E-state index in [0.29, 0.717) is 18.7 Å². The fourth-order valence-corrected chi connectivity index (χ4v) is 3.44. The van der Waals surface area contributed by atoms with Gasteiger partial charge in [0, 0.05) is 12.7 Å². The second-order valence-corrected chi connectivity index (χ2v) is 5.84. The van der Waals surface area contributed by atoms with Crippen molar-refractivity contribution in [3.8, 4) is 5.75 Å². The summed E-state index contributed by atoms with van der Waals surface area (Å²) in [6.07, 6.45) is 8.01. The highest BCUT2D eigenvalue weighted by Crippen LogP contribution is 2.33. The van der Waals surface area contributed by atoms with Crippen molar-refractivity contribution in [2.45, 2.75) is 31.1 Å². The lowest BCUT2D eigenvalue weighted by Gasteiger charge is -2.38. The molecule has 0 unspecified atom stereocenters. The van der Waals surface area contributed by atoms with Gasteiger partial charge in [0.25, 0.3) is 5.91 Å². The Bertz CT molecular complexity index is 658. The van der Waals surface area contributed by atoms with Crippen molar-refractivity contribution >= 4 is 5.91 Å². The minimum Gasteiger partial charge on any atom is -0.486 e. The van der Waals surface area contributed by atoms with Gasteiger partial charge in [-0.25, -0.2) is 0 Å². The lowest BCUT2D eigenvalue weighted by Crippen LogP contribution is -2.54. The molecule has 0 radical (unpaired) electrons. The summed E-state index contributed by atoms with van der Waals surface area (Å²) >= 11 is 0. The average Bonchev–Trinajstić information content (AvgIpc) is 3.25. The molecule has 0 spiro atoms. The molecule has 1 aliphatic heterocycles. The van der Waals surface area contributed by atoms with E-state index in [-0.39, 0.29) is 24.2 Å². The van der Waals surface area contributed by atoms with Crippen LogP contribution in [0.15, 0.2) is 47.5 Å². The van der Waals surface area contributed by atoms with Gasteiger partial charge in [0.15, 0.2) is 0 Å². The van der Waals surface area contributed by atoms with Crippen LogP contribution >= 0.6 is 0 Å². The van der Waals surface area contributed by atoms with Crippen LogP contribution in [0.4, 0.5) is 0 Å². The number of morpholine rings is 1. The van der Waals surface area contributed by atoms with Crippen molar-refractivity contribution in [1.29, 1.82) is 0 Å². The molecule has 1 saturated carbocycles. The van der Waals surface area contributed by atoms with Gasteiger partial charge in [-0.3, -0.25) is 9.78 Å². The summed E-state index contributed by atoms with van der Waals surface area (Å²) in [7, 11) is 0. The fourth-order valence-electron chi connectivity index (χ4n) is 3.44. The molecule has 6 nitrogen and oxygen atoms in total. The number of carbonyl (C=O) groups excluding carboxylic acids is 1. The number of furan rings is 1. The van der Waals surface area contributed by atoms with E-state index in [4.69, 9.17) is 13.9 Å². The summed E-state index contributed by atoms with van der Waals surface area (Å²) in [4.78, 5) is 18.6. The van der Waals surface area contributed by atoms with E-state index in [1.807, 2.05) is 17.0 Å². The smallest absolute Gasteiger partial charge is 0.257 e. The molecule has 2 fully saturated rings. The molecule has 2 aromatic heterocycles. The Morgan fingerprint density at radius 3 is 3.09 bits per heavy atom. The molecule has 1 amide bonds. The third-order valence-corrected chi connectivity index (χ3v) is 4.49. The maximum atomic E-state index is 12.6. The van der Waals surface area contributed by atoms with E-state index < -0.39 is 0 Å². The number of hydrogen-bond acceptors (Lipinski definition) is 5. The van der Waals surface area contributed by atoms with Gasteiger partial charge < -0.3 is 18.8 Å². The number of nitrogens with zero attached hydrogens (tertiary/aromatic N) is 2. The molecule has 3 heterocycles. The zero-order valence-corrected chi connectivity index (χ0v) is 12.6. The molecule has 0 bridgehead atoms. The van der Waals surface area contributed by atoms with Gasteiger partial charge in [-0.2, -0.15) is 0 Å². The normalized spacial score (nSPS) is 26.8. The Labute approximate surface area is 134 Å². The summed E-state index contributed by atoms with van der Waals surface area (Å²) in [6.45, 7) is 1.13. The second kappa shape index (κ2) is 6.04. The Balaban J connectivity index is 1.49. The number of fused-ring (bicyclic) bond motifs is 1. The highest BCUT2D eigenvalue weighted by Gasteiger charge is 2.45. The van der Waals surface area contributed by atoms with E-state index in [1.165, 1.54) is 12.5 Å². The molecule has 2 aromatic rings. The van der Waals surface area contributed by atoms with Crippen LogP contribution in [0.25, 0.3) is 0 Å². The summed E-state index contributed by atoms with van der Waals surface area (Å²) < 4.78 is 17.0. The van der Waals surface area contributed by atoms with E-state index >= 15 is 0 Å². The summed E-state index contributed by atoms with van der Waals surface area (Å²) in [6, 6.07) is 5.48. The third kappa shape index (κ3) is 2.70. The minimum atomic E-state index is -0.0974. The van der Waals surface area contributed by atoms with Crippen LogP contribution in [-0.4, -0.2) is 47.2 Å². The van der Waals surface area contributed by atoms with Gasteiger partial charge >= 0.3 is 0 Å². The highest BCUT2D eigenvalue weighted by molar-refractivity contribution is 5.94. The second-order valence-electron chi connectivity index (χ2n) is 5.84. The fraction of sp³-hybridized carbons (Fsp3) is 0.412. The van der Waals surface area contributed by atoms with Crippen LogP contribution < -0.4 is 4.74 Å². The number of carbonyl (C=O) groups is 1. The first-order chi connectivity index (χ1) is 11.3. The van der Waals surface area contributed by atoms with E-state index in [2.05, 4.69) is 4.98 Å². The van der Waals surface area contributed by atoms with Crippen molar-refractivity contribution in [1.82, 2.24) is 9.88 Å². The number of rotatable bonds is 3. The van der Waals surface area contributed by atoms with E-state index in [9.17, 15) is 4.79 Å². The first kappa shape index (κ1) is 14.3. The predicted octanol–water partition coefficient (Wildman–Crippen LogP) is 2.13. The van der Waals surface area contributed by atoms with Crippen LogP contribution in [0.3, 0.4) is 0 Å². The zero-order valence-electron chi connectivity index (χ0n) is 12.6. The predicted molar refractivity (Wildman–Crippen MR) is 81.2 cm³/mol. The molecular weight excluding hydrogens is 296 g/mol. The first-order valence-corrected chi connectivity index (χ1v) is 7.84. The molecule has 6 heteroatoms. The van der Waals surface area contributed by atoms with Crippen LogP contribution in [0.5, 0.6) is 5.75 Å². The Hall–Kier alpha value is -2.34. The van der Waals surface area contributed by atoms with Crippen molar-refractivity contribution in [2.75, 3.05) is 13.2 Å². The van der Waals surface area contributed by atoms with Crippen LogP contribution in [0.1, 0.15) is 23.2 Å². The molecule has 3 atom stereocenters. The van der Waals surface area contributed by atoms with Crippen LogP contribution in [0.2, 0.25) is 0 Å². The molecule has 1 aliphatic carbocycles. The molecule has 23 heavy (non-hydrogen) atoms. The van der Waals surface area contributed by atoms with Gasteiger partial charge in [0.1, 0.15) is 24.2 Å². The number of ether oxygens (including phenoxy) is 2. The monoisotopic (exact) mass is 314 g/mol. The van der Waals surface area contributed by atoms with Crippen molar-refractivity contribution < 1.29 is 18.7 Å². The van der Waals surface area contributed by atoms with Gasteiger partial charge in [-0.1, -0.05) is 0 Å². The first-order valence-electron chi connectivity index (χ1n) is 7.84. The number of pyridine rings is 1. The Morgan fingerprint density at radius 2 is 2.30 bits per heavy atom. The van der Waals surface area contributed by atoms with E-state index in [1.54, 1.807) is 18.5 Å². The molecule has 4 rings (SSSR count). The lowest BCUT2D eigenvalue weighted by atomic mass is 10.1. The maximum Gasteiger partial charge on any atom is 0.257 e. The van der Waals surface area contributed by atoms with Crippen molar-refractivity contribution in [3.63, 3.8) is 0 Å². The maximum absolute atomic E-state index is 12.6. The summed E-state index contributed by atoms with van der Waals surface area (Å²) in [5.41, 5.74) is 0.585. The van der Waals surface area contributed by atoms with Crippen molar-refractivity contribution in [3.05, 3.63) is 48.7 Å². The Morgan fingerprint density at radius 1 is 1.35 bits per heavy atom. The Kier molecular flexibility index (Phi) is 3.75. The largest absolute Gasteiger partial charge is 0.486 e. The number of hydrogen-bond donors (Lipinski definition) is 0. The molecule has 2 aliphatic rings. The van der Waals surface area contributed by atoms with Gasteiger partial charge in [-0.05, 0) is 31.0 Å². The molecule has 1 saturated heterocycles. The molecular formula is C17H18N2O4. The van der Waals surface area contributed by atoms with Crippen molar-refractivity contribution in [2.24, 2.45) is 0 Å². The zero-order chi connectivity index (χ0) is 15.6. The average molecular weight is 314 g/mol. The lowest BCUT2D eigenvalue weighted by molar-refractivity contribution is -0.0786. The summed E-state index contributed by atoms with van der Waals surface area (Å²) in [5, 5.41) is 0. The summed E-state index contributed by atoms with van der Waals surface area (Å²) in [5.74, 6) is 0.735. The molecule has 0 N–H and O–H groups in total. The SMILES string of the molecule is O=C(c1ccoc1)N1CCO[C@H]2[C@@H](Oc3cccnc3)CC[C@@H]21. The van der Waals surface area contributed by atoms with Gasteiger partial charge in [-0.15, -0.1) is 0 Å². The topological polar surface area (TPSA) is 64.8 Å².